The van der Waals surface area contributed by atoms with Crippen LogP contribution in [0, 0.1) is 5.92 Å². The molecule has 2 N–H and O–H groups in total. The molecule has 3 amide bonds. The second-order valence-electron chi connectivity index (χ2n) is 5.70. The van der Waals surface area contributed by atoms with Crippen molar-refractivity contribution in [2.45, 2.75) is 35.4 Å². The number of hydrogen-bond donors (Lipinski definition) is 2. The molecule has 3 unspecified atom stereocenters. The Bertz CT molecular complexity index is 766. The number of halogens is 1. The maximum Gasteiger partial charge on any atom is 0.348 e. The molecule has 7 nitrogen and oxygen atoms in total. The van der Waals surface area contributed by atoms with Gasteiger partial charge in [-0.05, 0) is 31.0 Å². The van der Waals surface area contributed by atoms with Gasteiger partial charge in [-0.2, -0.15) is 0 Å². The van der Waals surface area contributed by atoms with Gasteiger partial charge in [-0.25, -0.2) is 13.2 Å². The van der Waals surface area contributed by atoms with Gasteiger partial charge >= 0.3 is 6.03 Å². The van der Waals surface area contributed by atoms with E-state index in [2.05, 4.69) is 5.32 Å². The number of sulfone groups is 1. The molecule has 23 heavy (non-hydrogen) atoms. The maximum atomic E-state index is 12.9. The molecule has 0 spiro atoms. The largest absolute Gasteiger partial charge is 0.348 e. The molecule has 1 heterocycles. The third kappa shape index (κ3) is 2.71. The molecule has 1 aromatic carbocycles. The van der Waals surface area contributed by atoms with E-state index in [1.54, 1.807) is 6.07 Å². The van der Waals surface area contributed by atoms with Gasteiger partial charge in [-0.1, -0.05) is 24.1 Å². The standard InChI is InChI=1S/C14H15ClN2O5S/c15-8-3-1-4-9(7-8)23(21,22)11-6-2-5-10-12(11)16-14(19)17(20)13(10)18/h1,3-4,7,10-12,20H,2,5-6H2,(H,16,19). The lowest BCUT2D eigenvalue weighted by atomic mass is 9.82. The summed E-state index contributed by atoms with van der Waals surface area (Å²) in [7, 11) is -3.77. The molecule has 2 fully saturated rings. The smallest absolute Gasteiger partial charge is 0.331 e. The number of nitrogens with zero attached hydrogens (tertiary/aromatic N) is 1. The van der Waals surface area contributed by atoms with Crippen LogP contribution in [0.4, 0.5) is 4.79 Å². The van der Waals surface area contributed by atoms with Crippen LogP contribution in [-0.2, 0) is 14.6 Å². The first-order chi connectivity index (χ1) is 10.8. The van der Waals surface area contributed by atoms with E-state index in [0.717, 1.165) is 0 Å². The van der Waals surface area contributed by atoms with Crippen molar-refractivity contribution >= 4 is 33.4 Å². The first kappa shape index (κ1) is 16.2. The predicted molar refractivity (Wildman–Crippen MR) is 80.7 cm³/mol. The quantitative estimate of drug-likeness (QED) is 0.781. The van der Waals surface area contributed by atoms with Crippen LogP contribution in [0.2, 0.25) is 5.02 Å². The lowest BCUT2D eigenvalue weighted by Crippen LogP contribution is -2.64. The monoisotopic (exact) mass is 358 g/mol. The lowest BCUT2D eigenvalue weighted by molar-refractivity contribution is -0.163. The zero-order valence-corrected chi connectivity index (χ0v) is 13.5. The Balaban J connectivity index is 1.99. The highest BCUT2D eigenvalue weighted by Crippen LogP contribution is 2.35. The Morgan fingerprint density at radius 3 is 2.70 bits per heavy atom. The predicted octanol–water partition coefficient (Wildman–Crippen LogP) is 1.59. The average molecular weight is 359 g/mol. The molecular formula is C14H15ClN2O5S. The fourth-order valence-electron chi connectivity index (χ4n) is 3.26. The minimum Gasteiger partial charge on any atom is -0.331 e. The molecule has 9 heteroatoms. The van der Waals surface area contributed by atoms with Crippen molar-refractivity contribution in [3.05, 3.63) is 29.3 Å². The number of fused-ring (bicyclic) bond motifs is 1. The van der Waals surface area contributed by atoms with E-state index in [4.69, 9.17) is 11.6 Å². The number of imide groups is 1. The maximum absolute atomic E-state index is 12.9. The highest BCUT2D eigenvalue weighted by Gasteiger charge is 2.50. The van der Waals surface area contributed by atoms with Crippen LogP contribution in [0.3, 0.4) is 0 Å². The summed E-state index contributed by atoms with van der Waals surface area (Å²) in [6.45, 7) is 0. The van der Waals surface area contributed by atoms with Crippen LogP contribution in [0.1, 0.15) is 19.3 Å². The molecule has 1 saturated carbocycles. The molecule has 0 aromatic heterocycles. The molecule has 0 radical (unpaired) electrons. The van der Waals surface area contributed by atoms with E-state index in [-0.39, 0.29) is 9.96 Å². The van der Waals surface area contributed by atoms with Crippen LogP contribution < -0.4 is 5.32 Å². The number of hydroxylamine groups is 2. The van der Waals surface area contributed by atoms with Gasteiger partial charge in [0.05, 0.1) is 22.1 Å². The average Bonchev–Trinajstić information content (AvgIpc) is 2.52. The molecule has 1 saturated heterocycles. The minimum atomic E-state index is -3.77. The van der Waals surface area contributed by atoms with Gasteiger partial charge in [0.1, 0.15) is 0 Å². The van der Waals surface area contributed by atoms with Gasteiger partial charge in [-0.3, -0.25) is 10.0 Å². The minimum absolute atomic E-state index is 0.0234. The van der Waals surface area contributed by atoms with Crippen LogP contribution in [0.15, 0.2) is 29.2 Å². The highest BCUT2D eigenvalue weighted by atomic mass is 35.5. The fourth-order valence-corrected chi connectivity index (χ4v) is 5.54. The Kier molecular flexibility index (Phi) is 4.07. The summed E-state index contributed by atoms with van der Waals surface area (Å²) in [5.74, 6) is -1.50. The number of urea groups is 1. The van der Waals surface area contributed by atoms with E-state index in [1.165, 1.54) is 18.2 Å². The first-order valence-corrected chi connectivity index (χ1v) is 9.07. The fraction of sp³-hybridized carbons (Fsp3) is 0.429. The molecule has 0 bridgehead atoms. The van der Waals surface area contributed by atoms with Gasteiger partial charge in [0.25, 0.3) is 5.91 Å². The van der Waals surface area contributed by atoms with Crippen molar-refractivity contribution in [3.8, 4) is 0 Å². The molecule has 3 rings (SSSR count). The number of carbonyl (C=O) groups is 2. The van der Waals surface area contributed by atoms with Gasteiger partial charge < -0.3 is 5.32 Å². The van der Waals surface area contributed by atoms with Crippen molar-refractivity contribution in [2.75, 3.05) is 0 Å². The SMILES string of the molecule is O=C1NC2C(CCCC2S(=O)(=O)c2cccc(Cl)c2)C(=O)N1O. The summed E-state index contributed by atoms with van der Waals surface area (Å²) in [6, 6.07) is 4.05. The Hall–Kier alpha value is -1.64. The summed E-state index contributed by atoms with van der Waals surface area (Å²) in [6.07, 6.45) is 1.26. The molecular weight excluding hydrogens is 344 g/mol. The third-order valence-corrected chi connectivity index (χ3v) is 6.84. The van der Waals surface area contributed by atoms with E-state index < -0.39 is 39.0 Å². The molecule has 1 aliphatic heterocycles. The zero-order valence-electron chi connectivity index (χ0n) is 12.0. The normalized spacial score (nSPS) is 28.3. The summed E-state index contributed by atoms with van der Waals surface area (Å²) in [4.78, 5) is 23.7. The Labute approximate surface area is 138 Å². The van der Waals surface area contributed by atoms with Gasteiger partial charge in [0, 0.05) is 5.02 Å². The van der Waals surface area contributed by atoms with Gasteiger partial charge in [0.15, 0.2) is 9.84 Å². The van der Waals surface area contributed by atoms with Crippen molar-refractivity contribution in [3.63, 3.8) is 0 Å². The third-order valence-electron chi connectivity index (χ3n) is 4.37. The van der Waals surface area contributed by atoms with E-state index in [9.17, 15) is 23.2 Å². The van der Waals surface area contributed by atoms with Crippen LogP contribution in [-0.4, -0.2) is 41.9 Å². The summed E-state index contributed by atoms with van der Waals surface area (Å²) in [5.41, 5.74) is 0. The van der Waals surface area contributed by atoms with Crippen molar-refractivity contribution in [1.82, 2.24) is 10.4 Å². The summed E-state index contributed by atoms with van der Waals surface area (Å²) < 4.78 is 25.8. The number of hydrogen-bond acceptors (Lipinski definition) is 5. The number of benzene rings is 1. The lowest BCUT2D eigenvalue weighted by Gasteiger charge is -2.41. The zero-order chi connectivity index (χ0) is 16.8. The molecule has 1 aliphatic carbocycles. The molecule has 3 atom stereocenters. The van der Waals surface area contributed by atoms with E-state index >= 15 is 0 Å². The Morgan fingerprint density at radius 2 is 2.00 bits per heavy atom. The van der Waals surface area contributed by atoms with Crippen molar-refractivity contribution in [2.24, 2.45) is 5.92 Å². The number of carbonyl (C=O) groups excluding carboxylic acids is 2. The van der Waals surface area contributed by atoms with E-state index in [0.29, 0.717) is 24.3 Å². The number of rotatable bonds is 2. The van der Waals surface area contributed by atoms with Gasteiger partial charge in [-0.15, -0.1) is 5.06 Å². The topological polar surface area (TPSA) is 104 Å². The van der Waals surface area contributed by atoms with Crippen LogP contribution in [0.25, 0.3) is 0 Å². The Morgan fingerprint density at radius 1 is 1.26 bits per heavy atom. The highest BCUT2D eigenvalue weighted by molar-refractivity contribution is 7.92. The second kappa shape index (κ2) is 5.77. The summed E-state index contributed by atoms with van der Waals surface area (Å²) in [5, 5.41) is 11.3. The molecule has 2 aliphatic rings. The van der Waals surface area contributed by atoms with Crippen molar-refractivity contribution in [1.29, 1.82) is 0 Å². The number of amides is 3. The molecule has 124 valence electrons. The van der Waals surface area contributed by atoms with Gasteiger partial charge in [0.2, 0.25) is 0 Å². The second-order valence-corrected chi connectivity index (χ2v) is 8.31. The molecule has 1 aromatic rings. The van der Waals surface area contributed by atoms with E-state index in [1.807, 2.05) is 0 Å². The first-order valence-electron chi connectivity index (χ1n) is 7.15. The summed E-state index contributed by atoms with van der Waals surface area (Å²) >= 11 is 5.86. The van der Waals surface area contributed by atoms with Crippen LogP contribution in [0.5, 0.6) is 0 Å². The van der Waals surface area contributed by atoms with Crippen LogP contribution >= 0.6 is 11.6 Å². The van der Waals surface area contributed by atoms with Crippen molar-refractivity contribution < 1.29 is 23.2 Å². The number of nitrogens with one attached hydrogen (secondary N) is 1.